The van der Waals surface area contributed by atoms with Crippen LogP contribution in [-0.2, 0) is 4.79 Å². The molecule has 1 amide bonds. The van der Waals surface area contributed by atoms with Crippen LogP contribution in [0, 0.1) is 12.8 Å². The van der Waals surface area contributed by atoms with Gasteiger partial charge in [0.25, 0.3) is 0 Å². The van der Waals surface area contributed by atoms with E-state index >= 15 is 0 Å². The molecule has 0 aliphatic rings. The summed E-state index contributed by atoms with van der Waals surface area (Å²) in [5.74, 6) is -0.169. The molecule has 0 radical (unpaired) electrons. The zero-order valence-corrected chi connectivity index (χ0v) is 11.0. The van der Waals surface area contributed by atoms with Gasteiger partial charge in [0, 0.05) is 0 Å². The number of carbonyl (C=O) groups excluding carboxylic acids is 1. The number of phenolic OH excluding ortho intramolecular Hbond substituents is 1. The first kappa shape index (κ1) is 15.7. The molecule has 1 aromatic carbocycles. The number of hydrogen-bond donors (Lipinski definition) is 3. The van der Waals surface area contributed by atoms with Crippen LogP contribution in [0.15, 0.2) is 18.2 Å². The van der Waals surface area contributed by atoms with Crippen molar-refractivity contribution >= 4 is 24.0 Å². The van der Waals surface area contributed by atoms with Gasteiger partial charge in [-0.05, 0) is 30.5 Å². The average molecular weight is 259 g/mol. The first-order chi connectivity index (χ1) is 7.41. The van der Waals surface area contributed by atoms with Crippen LogP contribution in [0.3, 0.4) is 0 Å². The van der Waals surface area contributed by atoms with E-state index in [0.29, 0.717) is 5.69 Å². The maximum Gasteiger partial charge on any atom is 0.241 e. The van der Waals surface area contributed by atoms with Gasteiger partial charge in [0.05, 0.1) is 11.7 Å². The zero-order chi connectivity index (χ0) is 12.3. The molecule has 0 aromatic heterocycles. The van der Waals surface area contributed by atoms with Crippen molar-refractivity contribution in [2.24, 2.45) is 11.7 Å². The summed E-state index contributed by atoms with van der Waals surface area (Å²) in [4.78, 5) is 11.7. The van der Waals surface area contributed by atoms with Gasteiger partial charge in [0.1, 0.15) is 5.75 Å². The lowest BCUT2D eigenvalue weighted by molar-refractivity contribution is -0.118. The van der Waals surface area contributed by atoms with E-state index in [0.717, 1.165) is 5.56 Å². The van der Waals surface area contributed by atoms with Crippen LogP contribution in [-0.4, -0.2) is 17.1 Å². The van der Waals surface area contributed by atoms with Crippen molar-refractivity contribution in [3.63, 3.8) is 0 Å². The van der Waals surface area contributed by atoms with Crippen LogP contribution in [0.4, 0.5) is 5.69 Å². The Hall–Kier alpha value is -1.26. The van der Waals surface area contributed by atoms with E-state index in [1.807, 2.05) is 20.8 Å². The number of hydrogen-bond acceptors (Lipinski definition) is 3. The van der Waals surface area contributed by atoms with Gasteiger partial charge >= 0.3 is 0 Å². The fourth-order valence-corrected chi connectivity index (χ4v) is 1.27. The van der Waals surface area contributed by atoms with Crippen LogP contribution >= 0.6 is 12.4 Å². The second kappa shape index (κ2) is 6.47. The van der Waals surface area contributed by atoms with Crippen molar-refractivity contribution in [2.45, 2.75) is 26.8 Å². The quantitative estimate of drug-likeness (QED) is 0.727. The number of aryl methyl sites for hydroxylation is 1. The maximum atomic E-state index is 11.7. The molecule has 0 heterocycles. The van der Waals surface area contributed by atoms with E-state index in [1.54, 1.807) is 18.2 Å². The van der Waals surface area contributed by atoms with E-state index in [9.17, 15) is 9.90 Å². The minimum absolute atomic E-state index is 0. The maximum absolute atomic E-state index is 11.7. The summed E-state index contributed by atoms with van der Waals surface area (Å²) in [6, 6.07) is 4.46. The summed E-state index contributed by atoms with van der Waals surface area (Å²) in [7, 11) is 0. The molecule has 5 heteroatoms. The van der Waals surface area contributed by atoms with Crippen LogP contribution in [0.1, 0.15) is 19.4 Å². The highest BCUT2D eigenvalue weighted by atomic mass is 35.5. The Balaban J connectivity index is 0.00000256. The third kappa shape index (κ3) is 4.24. The van der Waals surface area contributed by atoms with E-state index in [-0.39, 0.29) is 30.0 Å². The van der Waals surface area contributed by atoms with Crippen LogP contribution < -0.4 is 11.1 Å². The van der Waals surface area contributed by atoms with Crippen molar-refractivity contribution in [2.75, 3.05) is 5.32 Å². The number of nitrogens with one attached hydrogen (secondary N) is 1. The Kier molecular flexibility index (Phi) is 5.99. The number of rotatable bonds is 3. The van der Waals surface area contributed by atoms with E-state index < -0.39 is 6.04 Å². The predicted octanol–water partition coefficient (Wildman–Crippen LogP) is 2.04. The minimum atomic E-state index is -0.570. The highest BCUT2D eigenvalue weighted by molar-refractivity contribution is 5.96. The fraction of sp³-hybridized carbons (Fsp3) is 0.417. The number of amides is 1. The van der Waals surface area contributed by atoms with Crippen molar-refractivity contribution in [1.29, 1.82) is 0 Å². The molecule has 4 N–H and O–H groups in total. The lowest BCUT2D eigenvalue weighted by Gasteiger charge is -2.16. The number of halogens is 1. The Morgan fingerprint density at radius 2 is 2.00 bits per heavy atom. The van der Waals surface area contributed by atoms with Gasteiger partial charge in [-0.2, -0.15) is 0 Å². The smallest absolute Gasteiger partial charge is 0.241 e. The molecule has 0 saturated carbocycles. The summed E-state index contributed by atoms with van der Waals surface area (Å²) in [5, 5.41) is 12.2. The minimum Gasteiger partial charge on any atom is -0.506 e. The standard InChI is InChI=1S/C12H18N2O2.ClH/c1-7(2)11(13)12(16)14-9-6-8(3)4-5-10(9)15;/h4-7,11,15H,13H2,1-3H3,(H,14,16);1H/t11-;/m1./s1. The molecule has 1 aromatic rings. The molecule has 4 nitrogen and oxygen atoms in total. The monoisotopic (exact) mass is 258 g/mol. The van der Waals surface area contributed by atoms with Crippen LogP contribution in [0.5, 0.6) is 5.75 Å². The number of benzene rings is 1. The highest BCUT2D eigenvalue weighted by Crippen LogP contribution is 2.24. The SMILES string of the molecule is Cc1ccc(O)c(NC(=O)[C@H](N)C(C)C)c1.Cl. The number of carbonyl (C=O) groups is 1. The van der Waals surface area contributed by atoms with Crippen molar-refractivity contribution < 1.29 is 9.90 Å². The molecule has 0 unspecified atom stereocenters. The Bertz CT molecular complexity index is 394. The first-order valence-electron chi connectivity index (χ1n) is 5.28. The van der Waals surface area contributed by atoms with Crippen LogP contribution in [0.25, 0.3) is 0 Å². The lowest BCUT2D eigenvalue weighted by Crippen LogP contribution is -2.39. The van der Waals surface area contributed by atoms with Gasteiger partial charge in [-0.1, -0.05) is 19.9 Å². The summed E-state index contributed by atoms with van der Waals surface area (Å²) in [6.07, 6.45) is 0. The summed E-state index contributed by atoms with van der Waals surface area (Å²) < 4.78 is 0. The molecule has 17 heavy (non-hydrogen) atoms. The van der Waals surface area contributed by atoms with Gasteiger partial charge in [-0.3, -0.25) is 4.79 Å². The number of phenols is 1. The average Bonchev–Trinajstić information content (AvgIpc) is 2.22. The van der Waals surface area contributed by atoms with Crippen LogP contribution in [0.2, 0.25) is 0 Å². The summed E-state index contributed by atoms with van der Waals surface area (Å²) in [5.41, 5.74) is 7.07. The highest BCUT2D eigenvalue weighted by Gasteiger charge is 2.18. The first-order valence-corrected chi connectivity index (χ1v) is 5.28. The second-order valence-corrected chi connectivity index (χ2v) is 4.28. The molecule has 0 saturated heterocycles. The Morgan fingerprint density at radius 1 is 1.41 bits per heavy atom. The normalized spacial score (nSPS) is 11.8. The lowest BCUT2D eigenvalue weighted by atomic mass is 10.0. The summed E-state index contributed by atoms with van der Waals surface area (Å²) in [6.45, 7) is 5.64. The second-order valence-electron chi connectivity index (χ2n) is 4.28. The molecule has 1 rings (SSSR count). The number of aromatic hydroxyl groups is 1. The van der Waals surface area contributed by atoms with Gasteiger partial charge < -0.3 is 16.2 Å². The topological polar surface area (TPSA) is 75.3 Å². The largest absolute Gasteiger partial charge is 0.506 e. The molecular formula is C12H19ClN2O2. The van der Waals surface area contributed by atoms with Gasteiger partial charge in [-0.25, -0.2) is 0 Å². The van der Waals surface area contributed by atoms with E-state index in [4.69, 9.17) is 5.73 Å². The third-order valence-corrected chi connectivity index (χ3v) is 2.43. The fourth-order valence-electron chi connectivity index (χ4n) is 1.27. The van der Waals surface area contributed by atoms with Gasteiger partial charge in [0.2, 0.25) is 5.91 Å². The number of nitrogens with two attached hydrogens (primary N) is 1. The van der Waals surface area contributed by atoms with Crippen molar-refractivity contribution in [1.82, 2.24) is 0 Å². The molecule has 96 valence electrons. The molecular weight excluding hydrogens is 240 g/mol. The van der Waals surface area contributed by atoms with Crippen molar-refractivity contribution in [3.05, 3.63) is 23.8 Å². The van der Waals surface area contributed by atoms with Gasteiger partial charge in [0.15, 0.2) is 0 Å². The molecule has 1 atom stereocenters. The molecule has 0 aliphatic carbocycles. The summed E-state index contributed by atoms with van der Waals surface area (Å²) >= 11 is 0. The van der Waals surface area contributed by atoms with E-state index in [2.05, 4.69) is 5.32 Å². The zero-order valence-electron chi connectivity index (χ0n) is 10.2. The van der Waals surface area contributed by atoms with Crippen molar-refractivity contribution in [3.8, 4) is 5.75 Å². The molecule has 0 aliphatic heterocycles. The third-order valence-electron chi connectivity index (χ3n) is 2.43. The Morgan fingerprint density at radius 3 is 2.53 bits per heavy atom. The Labute approximate surface area is 108 Å². The van der Waals surface area contributed by atoms with E-state index in [1.165, 1.54) is 0 Å². The predicted molar refractivity (Wildman–Crippen MR) is 71.5 cm³/mol. The molecule has 0 fully saturated rings. The molecule has 0 spiro atoms. The van der Waals surface area contributed by atoms with Gasteiger partial charge in [-0.15, -0.1) is 12.4 Å². The molecule has 0 bridgehead atoms. The number of anilines is 1.